The molecule has 1 saturated carbocycles. The Morgan fingerprint density at radius 3 is 2.22 bits per heavy atom. The molecule has 1 saturated heterocycles. The summed E-state index contributed by atoms with van der Waals surface area (Å²) in [7, 11) is 0. The number of nitriles is 1. The van der Waals surface area contributed by atoms with Crippen LogP contribution < -0.4 is 0 Å². The third-order valence-electron chi connectivity index (χ3n) is 6.92. The third kappa shape index (κ3) is 4.73. The van der Waals surface area contributed by atoms with Gasteiger partial charge in [-0.15, -0.1) is 0 Å². The number of aliphatic hydroxyl groups is 4. The van der Waals surface area contributed by atoms with Gasteiger partial charge in [-0.3, -0.25) is 0 Å². The van der Waals surface area contributed by atoms with Crippen LogP contribution in [0, 0.1) is 11.3 Å². The highest BCUT2D eigenvalue weighted by atomic mass is 16.5. The molecule has 0 bridgehead atoms. The van der Waals surface area contributed by atoms with Crippen molar-refractivity contribution in [2.45, 2.75) is 75.0 Å². The van der Waals surface area contributed by atoms with E-state index in [0.29, 0.717) is 23.5 Å². The van der Waals surface area contributed by atoms with Gasteiger partial charge in [0.15, 0.2) is 0 Å². The molecule has 4 N–H and O–H groups in total. The van der Waals surface area contributed by atoms with Crippen molar-refractivity contribution >= 4 is 0 Å². The second-order valence-electron chi connectivity index (χ2n) is 9.03. The molecule has 3 unspecified atom stereocenters. The quantitative estimate of drug-likeness (QED) is 0.572. The van der Waals surface area contributed by atoms with Crippen LogP contribution in [0.25, 0.3) is 0 Å². The maximum absolute atomic E-state index is 10.5. The van der Waals surface area contributed by atoms with Crippen molar-refractivity contribution in [3.8, 4) is 6.07 Å². The van der Waals surface area contributed by atoms with Crippen LogP contribution in [0.5, 0.6) is 0 Å². The van der Waals surface area contributed by atoms with E-state index < -0.39 is 37.1 Å². The lowest BCUT2D eigenvalue weighted by Gasteiger charge is -2.40. The van der Waals surface area contributed by atoms with E-state index >= 15 is 0 Å². The fraction of sp³-hybridized carbons (Fsp3) is 0.500. The zero-order chi connectivity index (χ0) is 22.7. The van der Waals surface area contributed by atoms with E-state index in [2.05, 4.69) is 30.3 Å². The predicted molar refractivity (Wildman–Crippen MR) is 119 cm³/mol. The highest BCUT2D eigenvalue weighted by Gasteiger charge is 2.44. The minimum atomic E-state index is -1.43. The summed E-state index contributed by atoms with van der Waals surface area (Å²) in [6.07, 6.45) is 0.918. The highest BCUT2D eigenvalue weighted by molar-refractivity contribution is 5.44. The van der Waals surface area contributed by atoms with E-state index in [1.807, 2.05) is 0 Å². The van der Waals surface area contributed by atoms with E-state index in [1.165, 1.54) is 37.7 Å². The molecule has 4 rings (SSSR count). The summed E-state index contributed by atoms with van der Waals surface area (Å²) >= 11 is 0. The van der Waals surface area contributed by atoms with E-state index in [-0.39, 0.29) is 0 Å². The van der Waals surface area contributed by atoms with Gasteiger partial charge in [0, 0.05) is 0 Å². The van der Waals surface area contributed by atoms with Crippen LogP contribution in [0.4, 0.5) is 0 Å². The second-order valence-corrected chi connectivity index (χ2v) is 9.03. The molecule has 1 aliphatic heterocycles. The maximum Gasteiger partial charge on any atom is 0.113 e. The van der Waals surface area contributed by atoms with Crippen molar-refractivity contribution in [3.63, 3.8) is 0 Å². The molecule has 0 spiro atoms. The van der Waals surface area contributed by atoms with Gasteiger partial charge in [0.25, 0.3) is 0 Å². The molecule has 2 aliphatic rings. The first-order valence-corrected chi connectivity index (χ1v) is 11.4. The molecule has 2 aromatic rings. The largest absolute Gasteiger partial charge is 0.394 e. The Labute approximate surface area is 188 Å². The number of rotatable bonds is 5. The number of nitrogens with zero attached hydrogens (tertiary/aromatic N) is 1. The van der Waals surface area contributed by atoms with Crippen molar-refractivity contribution in [1.82, 2.24) is 0 Å². The van der Waals surface area contributed by atoms with Crippen molar-refractivity contribution in [2.75, 3.05) is 6.61 Å². The first kappa shape index (κ1) is 22.9. The first-order valence-electron chi connectivity index (χ1n) is 11.4. The van der Waals surface area contributed by atoms with Crippen LogP contribution in [-0.4, -0.2) is 51.4 Å². The van der Waals surface area contributed by atoms with E-state index in [0.717, 1.165) is 11.1 Å². The molecule has 1 aliphatic carbocycles. The average molecular weight is 438 g/mol. The summed E-state index contributed by atoms with van der Waals surface area (Å²) in [5, 5.41) is 49.7. The lowest BCUT2D eigenvalue weighted by atomic mass is 9.83. The van der Waals surface area contributed by atoms with Crippen LogP contribution in [0.2, 0.25) is 0 Å². The van der Waals surface area contributed by atoms with Gasteiger partial charge in [-0.1, -0.05) is 55.7 Å². The summed E-state index contributed by atoms with van der Waals surface area (Å²) in [4.78, 5) is 0. The lowest BCUT2D eigenvalue weighted by Crippen LogP contribution is -2.55. The molecular formula is C26H31NO5. The number of ether oxygens (including phenoxy) is 1. The molecule has 6 nitrogen and oxygen atoms in total. The summed E-state index contributed by atoms with van der Waals surface area (Å²) in [5.74, 6) is 0.641. The van der Waals surface area contributed by atoms with E-state index in [9.17, 15) is 25.7 Å². The summed E-state index contributed by atoms with van der Waals surface area (Å²) in [6.45, 7) is -0.474. The smallest absolute Gasteiger partial charge is 0.113 e. The Morgan fingerprint density at radius 2 is 1.56 bits per heavy atom. The fourth-order valence-electron chi connectivity index (χ4n) is 4.99. The minimum absolute atomic E-state index is 0.474. The van der Waals surface area contributed by atoms with Gasteiger partial charge in [0.2, 0.25) is 0 Å². The Kier molecular flexibility index (Phi) is 7.24. The number of hydrogen-bond donors (Lipinski definition) is 4. The van der Waals surface area contributed by atoms with Gasteiger partial charge in [0.05, 0.1) is 18.2 Å². The number of hydrogen-bond acceptors (Lipinski definition) is 6. The standard InChI is InChI=1S/C26H31NO5/c27-14-20-11-10-19(26-25(31)24(30)23(29)22(15-28)32-26)13-21(20)12-16-6-8-18(9-7-16)17-4-2-1-3-5-17/h6-11,13,17,22-26,28-31H,1-5,12,15H2/t22-,23?,24?,25?,26+/m1/s1. The molecule has 2 fully saturated rings. The summed E-state index contributed by atoms with van der Waals surface area (Å²) in [6, 6.07) is 16.0. The molecular weight excluding hydrogens is 406 g/mol. The van der Waals surface area contributed by atoms with E-state index in [4.69, 9.17) is 4.74 Å². The summed E-state index contributed by atoms with van der Waals surface area (Å²) in [5.41, 5.74) is 4.40. The Hall–Kier alpha value is -2.27. The van der Waals surface area contributed by atoms with Crippen LogP contribution >= 0.6 is 0 Å². The van der Waals surface area contributed by atoms with Crippen LogP contribution in [-0.2, 0) is 11.2 Å². The normalized spacial score (nSPS) is 28.9. The Balaban J connectivity index is 1.55. The van der Waals surface area contributed by atoms with Crippen molar-refractivity contribution in [3.05, 3.63) is 70.3 Å². The molecule has 5 atom stereocenters. The zero-order valence-electron chi connectivity index (χ0n) is 18.1. The third-order valence-corrected chi connectivity index (χ3v) is 6.92. The maximum atomic E-state index is 10.5. The van der Waals surface area contributed by atoms with E-state index in [1.54, 1.807) is 18.2 Å². The monoisotopic (exact) mass is 437 g/mol. The highest BCUT2D eigenvalue weighted by Crippen LogP contribution is 2.35. The average Bonchev–Trinajstić information content (AvgIpc) is 2.84. The molecule has 1 heterocycles. The molecule has 0 radical (unpaired) electrons. The molecule has 0 aromatic heterocycles. The summed E-state index contributed by atoms with van der Waals surface area (Å²) < 4.78 is 5.69. The van der Waals surface area contributed by atoms with Crippen LogP contribution in [0.1, 0.15) is 71.9 Å². The number of benzene rings is 2. The molecule has 0 amide bonds. The van der Waals surface area contributed by atoms with Crippen LogP contribution in [0.15, 0.2) is 42.5 Å². The molecule has 2 aromatic carbocycles. The van der Waals surface area contributed by atoms with Gasteiger partial charge >= 0.3 is 0 Å². The van der Waals surface area contributed by atoms with Crippen LogP contribution in [0.3, 0.4) is 0 Å². The zero-order valence-corrected chi connectivity index (χ0v) is 18.1. The molecule has 6 heteroatoms. The lowest BCUT2D eigenvalue weighted by molar-refractivity contribution is -0.231. The minimum Gasteiger partial charge on any atom is -0.394 e. The number of aliphatic hydroxyl groups excluding tert-OH is 4. The van der Waals surface area contributed by atoms with Crippen molar-refractivity contribution < 1.29 is 25.2 Å². The van der Waals surface area contributed by atoms with Crippen molar-refractivity contribution in [1.29, 1.82) is 5.26 Å². The van der Waals surface area contributed by atoms with Crippen molar-refractivity contribution in [2.24, 2.45) is 0 Å². The Bertz CT molecular complexity index is 946. The van der Waals surface area contributed by atoms with Gasteiger partial charge in [0.1, 0.15) is 30.5 Å². The molecule has 32 heavy (non-hydrogen) atoms. The fourth-order valence-corrected chi connectivity index (χ4v) is 4.99. The SMILES string of the molecule is N#Cc1ccc([C@@H]2O[C@H](CO)C(O)C(O)C2O)cc1Cc1ccc(C2CCCCC2)cc1. The second kappa shape index (κ2) is 10.1. The Morgan fingerprint density at radius 1 is 0.875 bits per heavy atom. The molecule has 170 valence electrons. The topological polar surface area (TPSA) is 114 Å². The first-order chi connectivity index (χ1) is 15.5. The van der Waals surface area contributed by atoms with Gasteiger partial charge in [-0.25, -0.2) is 0 Å². The van der Waals surface area contributed by atoms with Gasteiger partial charge < -0.3 is 25.2 Å². The van der Waals surface area contributed by atoms with Gasteiger partial charge in [-0.2, -0.15) is 5.26 Å². The predicted octanol–water partition coefficient (Wildman–Crippen LogP) is 2.71. The van der Waals surface area contributed by atoms with Gasteiger partial charge in [-0.05, 0) is 53.5 Å².